The van der Waals surface area contributed by atoms with Crippen LogP contribution in [0.5, 0.6) is 0 Å². The van der Waals surface area contributed by atoms with E-state index in [0.717, 1.165) is 48.0 Å². The van der Waals surface area contributed by atoms with E-state index in [2.05, 4.69) is 9.88 Å². The summed E-state index contributed by atoms with van der Waals surface area (Å²) in [7, 11) is 0. The number of hydrogen-bond acceptors (Lipinski definition) is 2. The van der Waals surface area contributed by atoms with Gasteiger partial charge < -0.3 is 14.8 Å². The van der Waals surface area contributed by atoms with Crippen LogP contribution < -0.4 is 5.32 Å². The van der Waals surface area contributed by atoms with Gasteiger partial charge in [0.15, 0.2) is 0 Å². The van der Waals surface area contributed by atoms with E-state index >= 15 is 0 Å². The molecule has 0 fully saturated rings. The van der Waals surface area contributed by atoms with Crippen LogP contribution in [0.1, 0.15) is 46.1 Å². The van der Waals surface area contributed by atoms with Crippen molar-refractivity contribution in [2.24, 2.45) is 0 Å². The zero-order chi connectivity index (χ0) is 24.1. The molecular weight excluding hydrogens is 471 g/mol. The molecule has 1 N–H and O–H groups in total. The Morgan fingerprint density at radius 2 is 1.66 bits per heavy atom. The first-order chi connectivity index (χ1) is 17.0. The smallest absolute Gasteiger partial charge is 0.310 e. The van der Waals surface area contributed by atoms with Gasteiger partial charge in [0.1, 0.15) is 28.5 Å². The number of hydrogen-bond donors (Lipinski definition) is 1. The highest BCUT2D eigenvalue weighted by molar-refractivity contribution is 7.15. The van der Waals surface area contributed by atoms with Crippen molar-refractivity contribution in [1.82, 2.24) is 9.47 Å². The molecule has 0 bridgehead atoms. The van der Waals surface area contributed by atoms with Gasteiger partial charge in [-0.25, -0.2) is 18.0 Å². The number of thiophene rings is 1. The van der Waals surface area contributed by atoms with Gasteiger partial charge in [0.2, 0.25) is 0 Å². The predicted molar refractivity (Wildman–Crippen MR) is 129 cm³/mol. The minimum absolute atomic E-state index is 0.290. The maximum absolute atomic E-state index is 14.3. The number of nitrogens with one attached hydrogen (secondary N) is 1. The Bertz CT molecular complexity index is 1410. The Morgan fingerprint density at radius 1 is 0.914 bits per heavy atom. The van der Waals surface area contributed by atoms with E-state index in [9.17, 15) is 18.0 Å². The molecule has 8 heteroatoms. The van der Waals surface area contributed by atoms with Crippen LogP contribution in [0.3, 0.4) is 0 Å². The third-order valence-electron chi connectivity index (χ3n) is 6.74. The van der Waals surface area contributed by atoms with E-state index in [0.29, 0.717) is 17.8 Å². The van der Waals surface area contributed by atoms with Crippen LogP contribution in [0.25, 0.3) is 5.00 Å². The summed E-state index contributed by atoms with van der Waals surface area (Å²) in [6, 6.07) is 11.5. The highest BCUT2D eigenvalue weighted by Crippen LogP contribution is 2.44. The Hall–Kier alpha value is -3.52. The van der Waals surface area contributed by atoms with Gasteiger partial charge in [-0.05, 0) is 85.3 Å². The number of halogens is 3. The van der Waals surface area contributed by atoms with Crippen LogP contribution in [0.15, 0.2) is 60.8 Å². The Balaban J connectivity index is 1.51. The Kier molecular flexibility index (Phi) is 5.40. The summed E-state index contributed by atoms with van der Waals surface area (Å²) in [5, 5.41) is 3.90. The van der Waals surface area contributed by atoms with Gasteiger partial charge in [0.25, 0.3) is 0 Å². The minimum atomic E-state index is -0.727. The standard InChI is InChI=1S/C27H22F3N3OS/c28-17-7-9-20(10-8-17)31-27(34)33-15-22-21-4-1-2-6-24(21)35-26(22)32-11-3-5-23(32)25(33)16-12-18(29)14-19(30)13-16/h3,5,7-14,25H,1-2,4,6,15H2,(H,31,34). The Labute approximate surface area is 204 Å². The lowest BCUT2D eigenvalue weighted by Crippen LogP contribution is -2.38. The van der Waals surface area contributed by atoms with E-state index in [1.54, 1.807) is 16.2 Å². The molecule has 3 heterocycles. The van der Waals surface area contributed by atoms with Crippen molar-refractivity contribution in [3.63, 3.8) is 0 Å². The van der Waals surface area contributed by atoms with Gasteiger partial charge in [0, 0.05) is 28.4 Å². The van der Waals surface area contributed by atoms with Crippen molar-refractivity contribution < 1.29 is 18.0 Å². The summed E-state index contributed by atoms with van der Waals surface area (Å²) in [5.74, 6) is -1.81. The normalized spacial score (nSPS) is 16.8. The zero-order valence-electron chi connectivity index (χ0n) is 18.7. The number of rotatable bonds is 2. The number of amides is 2. The third kappa shape index (κ3) is 3.91. The van der Waals surface area contributed by atoms with Crippen LogP contribution >= 0.6 is 11.3 Å². The SMILES string of the molecule is O=C(Nc1ccc(F)cc1)N1Cc2c(sc3c2CCCC3)-n2cccc2C1c1cc(F)cc(F)c1. The van der Waals surface area contributed by atoms with E-state index in [1.165, 1.54) is 46.8 Å². The molecule has 6 rings (SSSR count). The number of carbonyl (C=O) groups excluding carboxylic acids is 1. The fourth-order valence-corrected chi connectivity index (χ4v) is 6.60. The molecule has 1 unspecified atom stereocenters. The summed E-state index contributed by atoms with van der Waals surface area (Å²) in [4.78, 5) is 16.7. The largest absolute Gasteiger partial charge is 0.322 e. The van der Waals surface area contributed by atoms with E-state index in [1.807, 2.05) is 18.3 Å². The van der Waals surface area contributed by atoms with Crippen molar-refractivity contribution in [2.75, 3.05) is 5.32 Å². The first kappa shape index (κ1) is 22.0. The highest BCUT2D eigenvalue weighted by atomic mass is 32.1. The lowest BCUT2D eigenvalue weighted by molar-refractivity contribution is 0.194. The molecule has 1 atom stereocenters. The fraction of sp³-hybridized carbons (Fsp3) is 0.222. The quantitative estimate of drug-likeness (QED) is 0.322. The highest BCUT2D eigenvalue weighted by Gasteiger charge is 2.36. The van der Waals surface area contributed by atoms with Gasteiger partial charge in [-0.2, -0.15) is 0 Å². The average Bonchev–Trinajstić information content (AvgIpc) is 3.41. The number of benzene rings is 2. The molecule has 1 aliphatic carbocycles. The van der Waals surface area contributed by atoms with Crippen molar-refractivity contribution in [3.05, 3.63) is 106 Å². The van der Waals surface area contributed by atoms with E-state index < -0.39 is 29.5 Å². The lowest BCUT2D eigenvalue weighted by Gasteiger charge is -2.31. The van der Waals surface area contributed by atoms with Gasteiger partial charge in [-0.3, -0.25) is 0 Å². The van der Waals surface area contributed by atoms with Crippen molar-refractivity contribution >= 4 is 23.1 Å². The molecule has 4 aromatic rings. The molecule has 2 aromatic carbocycles. The fourth-order valence-electron chi connectivity index (χ4n) is 5.20. The molecular formula is C27H22F3N3OS. The van der Waals surface area contributed by atoms with Crippen LogP contribution in [-0.4, -0.2) is 15.5 Å². The molecule has 178 valence electrons. The second kappa shape index (κ2) is 8.61. The summed E-state index contributed by atoms with van der Waals surface area (Å²) in [6.45, 7) is 0.290. The first-order valence-electron chi connectivity index (χ1n) is 11.6. The Morgan fingerprint density at radius 3 is 2.43 bits per heavy atom. The maximum atomic E-state index is 14.3. The zero-order valence-corrected chi connectivity index (χ0v) is 19.5. The average molecular weight is 494 g/mol. The van der Waals surface area contributed by atoms with Gasteiger partial charge in [0.05, 0.1) is 12.2 Å². The molecule has 2 aromatic heterocycles. The van der Waals surface area contributed by atoms with Crippen LogP contribution in [0.2, 0.25) is 0 Å². The minimum Gasteiger partial charge on any atom is -0.310 e. The van der Waals surface area contributed by atoms with Crippen LogP contribution in [0, 0.1) is 17.5 Å². The van der Waals surface area contributed by atoms with Gasteiger partial charge >= 0.3 is 6.03 Å². The molecule has 0 radical (unpaired) electrons. The van der Waals surface area contributed by atoms with Crippen molar-refractivity contribution in [1.29, 1.82) is 0 Å². The van der Waals surface area contributed by atoms with Crippen molar-refractivity contribution in [2.45, 2.75) is 38.3 Å². The molecule has 0 saturated carbocycles. The third-order valence-corrected chi connectivity index (χ3v) is 8.07. The second-order valence-corrected chi connectivity index (χ2v) is 10.1. The number of nitrogens with zero attached hydrogens (tertiary/aromatic N) is 2. The van der Waals surface area contributed by atoms with Crippen molar-refractivity contribution in [3.8, 4) is 5.00 Å². The second-order valence-electron chi connectivity index (χ2n) is 8.97. The molecule has 1 aliphatic heterocycles. The summed E-state index contributed by atoms with van der Waals surface area (Å²) < 4.78 is 44.1. The molecule has 35 heavy (non-hydrogen) atoms. The number of aryl methyl sites for hydroxylation is 1. The molecule has 2 amide bonds. The lowest BCUT2D eigenvalue weighted by atomic mass is 9.95. The van der Waals surface area contributed by atoms with E-state index in [4.69, 9.17) is 0 Å². The number of urea groups is 1. The molecule has 4 nitrogen and oxygen atoms in total. The first-order valence-corrected chi connectivity index (χ1v) is 12.4. The van der Waals surface area contributed by atoms with Gasteiger partial charge in [-0.1, -0.05) is 0 Å². The molecule has 0 spiro atoms. The molecule has 0 saturated heterocycles. The summed E-state index contributed by atoms with van der Waals surface area (Å²) in [5.41, 5.74) is 3.90. The van der Waals surface area contributed by atoms with Crippen LogP contribution in [0.4, 0.5) is 23.7 Å². The molecule has 2 aliphatic rings. The maximum Gasteiger partial charge on any atom is 0.322 e. The monoisotopic (exact) mass is 493 g/mol. The number of carbonyl (C=O) groups is 1. The van der Waals surface area contributed by atoms with Crippen LogP contribution in [-0.2, 0) is 19.4 Å². The van der Waals surface area contributed by atoms with Gasteiger partial charge in [-0.15, -0.1) is 11.3 Å². The number of aromatic nitrogens is 1. The number of fused-ring (bicyclic) bond motifs is 5. The summed E-state index contributed by atoms with van der Waals surface area (Å²) in [6.07, 6.45) is 6.15. The summed E-state index contributed by atoms with van der Waals surface area (Å²) >= 11 is 1.74. The van der Waals surface area contributed by atoms with E-state index in [-0.39, 0.29) is 0 Å². The predicted octanol–water partition coefficient (Wildman–Crippen LogP) is 6.97. The number of anilines is 1. The topological polar surface area (TPSA) is 37.3 Å².